The second-order valence-electron chi connectivity index (χ2n) is 9.30. The summed E-state index contributed by atoms with van der Waals surface area (Å²) in [7, 11) is 0. The van der Waals surface area contributed by atoms with Gasteiger partial charge in [0.2, 0.25) is 0 Å². The molecule has 0 spiro atoms. The zero-order valence-corrected chi connectivity index (χ0v) is 20.6. The van der Waals surface area contributed by atoms with Crippen LogP contribution in [0.1, 0.15) is 43.3 Å². The van der Waals surface area contributed by atoms with Gasteiger partial charge in [0.1, 0.15) is 17.5 Å². The fraction of sp³-hybridized carbons (Fsp3) is 0.333. The molecule has 1 aliphatic heterocycles. The number of ether oxygens (including phenoxy) is 2. The van der Waals surface area contributed by atoms with Gasteiger partial charge in [-0.05, 0) is 62.7 Å². The number of likely N-dealkylation sites (tertiary alicyclic amines) is 1. The van der Waals surface area contributed by atoms with E-state index in [1.54, 1.807) is 4.90 Å². The fourth-order valence-corrected chi connectivity index (χ4v) is 4.62. The molecule has 6 nitrogen and oxygen atoms in total. The molecule has 2 heterocycles. The van der Waals surface area contributed by atoms with Gasteiger partial charge in [0, 0.05) is 36.5 Å². The van der Waals surface area contributed by atoms with Gasteiger partial charge < -0.3 is 19.7 Å². The van der Waals surface area contributed by atoms with E-state index in [-0.39, 0.29) is 18.1 Å². The van der Waals surface area contributed by atoms with Gasteiger partial charge in [-0.25, -0.2) is 4.79 Å². The van der Waals surface area contributed by atoms with Crippen molar-refractivity contribution in [3.8, 4) is 16.2 Å². The highest BCUT2D eigenvalue weighted by Gasteiger charge is 2.27. The van der Waals surface area contributed by atoms with Crippen molar-refractivity contribution < 1.29 is 19.1 Å². The zero-order chi connectivity index (χ0) is 24.1. The highest BCUT2D eigenvalue weighted by molar-refractivity contribution is 7.17. The largest absolute Gasteiger partial charge is 0.490 e. The number of benzene rings is 2. The van der Waals surface area contributed by atoms with Crippen LogP contribution in [0.15, 0.2) is 66.7 Å². The molecule has 0 bridgehead atoms. The Labute approximate surface area is 204 Å². The van der Waals surface area contributed by atoms with Gasteiger partial charge in [0.05, 0.1) is 4.88 Å². The summed E-state index contributed by atoms with van der Waals surface area (Å²) in [5, 5.41) is 2.92. The van der Waals surface area contributed by atoms with E-state index >= 15 is 0 Å². The second-order valence-corrected chi connectivity index (χ2v) is 10.4. The average Bonchev–Trinajstić information content (AvgIpc) is 3.30. The van der Waals surface area contributed by atoms with Crippen molar-refractivity contribution in [2.75, 3.05) is 18.4 Å². The van der Waals surface area contributed by atoms with Gasteiger partial charge in [0.15, 0.2) is 0 Å². The van der Waals surface area contributed by atoms with E-state index in [2.05, 4.69) is 5.32 Å². The van der Waals surface area contributed by atoms with Crippen molar-refractivity contribution in [2.45, 2.75) is 45.3 Å². The summed E-state index contributed by atoms with van der Waals surface area (Å²) in [5.41, 5.74) is 1.29. The Bertz CT molecular complexity index is 1130. The third-order valence-corrected chi connectivity index (χ3v) is 6.51. The van der Waals surface area contributed by atoms with Crippen LogP contribution < -0.4 is 10.1 Å². The molecule has 2 amide bonds. The SMILES string of the molecule is CC(C)(C)OC(=O)N1CCC(Oc2cccc(-c3ccc(C(=O)Nc4ccccc4)s3)c2)CC1. The maximum Gasteiger partial charge on any atom is 0.410 e. The summed E-state index contributed by atoms with van der Waals surface area (Å²) in [5.74, 6) is 0.670. The zero-order valence-electron chi connectivity index (χ0n) is 19.7. The number of amides is 2. The van der Waals surface area contributed by atoms with Gasteiger partial charge >= 0.3 is 6.09 Å². The molecule has 178 valence electrons. The Morgan fingerprint density at radius 2 is 1.71 bits per heavy atom. The van der Waals surface area contributed by atoms with Gasteiger partial charge in [-0.1, -0.05) is 30.3 Å². The molecular weight excluding hydrogens is 448 g/mol. The standard InChI is InChI=1S/C27H30N2O4S/c1-27(2,3)33-26(31)29-16-14-21(15-17-29)32-22-11-7-8-19(18-22)23-12-13-24(34-23)25(30)28-20-9-5-4-6-10-20/h4-13,18,21H,14-17H2,1-3H3,(H,28,30). The number of anilines is 1. The summed E-state index contributed by atoms with van der Waals surface area (Å²) in [6, 6.07) is 21.2. The van der Waals surface area contributed by atoms with Crippen LogP contribution in [0.5, 0.6) is 5.75 Å². The molecule has 1 aliphatic rings. The van der Waals surface area contributed by atoms with Crippen LogP contribution in [-0.4, -0.2) is 41.7 Å². The van der Waals surface area contributed by atoms with E-state index in [0.29, 0.717) is 18.0 Å². The minimum Gasteiger partial charge on any atom is -0.490 e. The van der Waals surface area contributed by atoms with E-state index in [1.807, 2.05) is 87.5 Å². The van der Waals surface area contributed by atoms with E-state index in [4.69, 9.17) is 9.47 Å². The van der Waals surface area contributed by atoms with E-state index in [0.717, 1.165) is 34.7 Å². The quantitative estimate of drug-likeness (QED) is 0.458. The minimum atomic E-state index is -0.491. The smallest absolute Gasteiger partial charge is 0.410 e. The first-order valence-corrected chi connectivity index (χ1v) is 12.3. The normalized spacial score (nSPS) is 14.5. The predicted octanol–water partition coefficient (Wildman–Crippen LogP) is 6.45. The molecule has 1 aromatic heterocycles. The molecule has 4 rings (SSSR count). The van der Waals surface area contributed by atoms with Crippen molar-refractivity contribution in [1.82, 2.24) is 4.90 Å². The number of carbonyl (C=O) groups is 2. The van der Waals surface area contributed by atoms with Gasteiger partial charge in [-0.3, -0.25) is 4.79 Å². The highest BCUT2D eigenvalue weighted by atomic mass is 32.1. The molecule has 0 saturated carbocycles. The molecule has 1 saturated heterocycles. The van der Waals surface area contributed by atoms with Crippen LogP contribution in [0.3, 0.4) is 0 Å². The minimum absolute atomic E-state index is 0.0458. The topological polar surface area (TPSA) is 67.9 Å². The number of rotatable bonds is 5. The first-order valence-electron chi connectivity index (χ1n) is 11.5. The number of thiophene rings is 1. The van der Waals surface area contributed by atoms with Crippen LogP contribution in [0.25, 0.3) is 10.4 Å². The molecule has 2 aromatic carbocycles. The molecule has 34 heavy (non-hydrogen) atoms. The third kappa shape index (κ3) is 6.38. The number of nitrogens with one attached hydrogen (secondary N) is 1. The van der Waals surface area contributed by atoms with Gasteiger partial charge in [-0.15, -0.1) is 11.3 Å². The Kier molecular flexibility index (Phi) is 7.22. The molecule has 0 unspecified atom stereocenters. The summed E-state index contributed by atoms with van der Waals surface area (Å²) in [4.78, 5) is 28.2. The van der Waals surface area contributed by atoms with Crippen LogP contribution >= 0.6 is 11.3 Å². The Morgan fingerprint density at radius 1 is 0.971 bits per heavy atom. The maximum atomic E-state index is 12.6. The van der Waals surface area contributed by atoms with Crippen LogP contribution in [0.4, 0.5) is 10.5 Å². The second kappa shape index (κ2) is 10.3. The Hall–Kier alpha value is -3.32. The summed E-state index contributed by atoms with van der Waals surface area (Å²) in [6.45, 7) is 6.86. The van der Waals surface area contributed by atoms with Crippen LogP contribution in [0.2, 0.25) is 0 Å². The Balaban J connectivity index is 1.34. The van der Waals surface area contributed by atoms with E-state index in [1.165, 1.54) is 11.3 Å². The van der Waals surface area contributed by atoms with Crippen molar-refractivity contribution in [3.05, 3.63) is 71.6 Å². The molecule has 0 radical (unpaired) electrons. The third-order valence-electron chi connectivity index (χ3n) is 5.38. The van der Waals surface area contributed by atoms with E-state index < -0.39 is 5.60 Å². The first-order chi connectivity index (χ1) is 16.3. The van der Waals surface area contributed by atoms with Gasteiger partial charge in [0.25, 0.3) is 5.91 Å². The lowest BCUT2D eigenvalue weighted by Crippen LogP contribution is -2.44. The molecule has 3 aromatic rings. The van der Waals surface area contributed by atoms with Crippen molar-refractivity contribution in [3.63, 3.8) is 0 Å². The van der Waals surface area contributed by atoms with Gasteiger partial charge in [-0.2, -0.15) is 0 Å². The molecule has 1 N–H and O–H groups in total. The molecule has 7 heteroatoms. The number of carbonyl (C=O) groups excluding carboxylic acids is 2. The number of para-hydroxylation sites is 1. The number of nitrogens with zero attached hydrogens (tertiary/aromatic N) is 1. The maximum absolute atomic E-state index is 12.6. The summed E-state index contributed by atoms with van der Waals surface area (Å²) < 4.78 is 11.7. The number of piperidine rings is 1. The fourth-order valence-electron chi connectivity index (χ4n) is 3.73. The first kappa shape index (κ1) is 23.8. The lowest BCUT2D eigenvalue weighted by atomic mass is 10.1. The Morgan fingerprint density at radius 3 is 2.41 bits per heavy atom. The summed E-state index contributed by atoms with van der Waals surface area (Å²) in [6.07, 6.45) is 1.29. The molecule has 1 fully saturated rings. The molecule has 0 aliphatic carbocycles. The number of hydrogen-bond donors (Lipinski definition) is 1. The monoisotopic (exact) mass is 478 g/mol. The summed E-state index contributed by atoms with van der Waals surface area (Å²) >= 11 is 1.45. The van der Waals surface area contributed by atoms with Crippen LogP contribution in [0, 0.1) is 0 Å². The lowest BCUT2D eigenvalue weighted by Gasteiger charge is -2.33. The molecule has 0 atom stereocenters. The van der Waals surface area contributed by atoms with Crippen molar-refractivity contribution in [2.24, 2.45) is 0 Å². The predicted molar refractivity (Wildman–Crippen MR) is 136 cm³/mol. The lowest BCUT2D eigenvalue weighted by molar-refractivity contribution is 0.0126. The highest BCUT2D eigenvalue weighted by Crippen LogP contribution is 2.32. The van der Waals surface area contributed by atoms with Crippen LogP contribution in [-0.2, 0) is 4.74 Å². The van der Waals surface area contributed by atoms with Crippen molar-refractivity contribution in [1.29, 1.82) is 0 Å². The van der Waals surface area contributed by atoms with Crippen molar-refractivity contribution >= 4 is 29.0 Å². The van der Waals surface area contributed by atoms with E-state index in [9.17, 15) is 9.59 Å². The number of hydrogen-bond acceptors (Lipinski definition) is 5. The molecular formula is C27H30N2O4S. The average molecular weight is 479 g/mol.